The van der Waals surface area contributed by atoms with Crippen LogP contribution in [0.2, 0.25) is 0 Å². The molecule has 0 saturated heterocycles. The summed E-state index contributed by atoms with van der Waals surface area (Å²) < 4.78 is 4.86. The van der Waals surface area contributed by atoms with Gasteiger partial charge >= 0.3 is 0 Å². The number of carbonyl (C=O) groups is 1. The van der Waals surface area contributed by atoms with Gasteiger partial charge in [-0.3, -0.25) is 4.79 Å². The smallest absolute Gasteiger partial charge is 0.293 e. The van der Waals surface area contributed by atoms with E-state index in [4.69, 9.17) is 4.74 Å². The van der Waals surface area contributed by atoms with Gasteiger partial charge in [0.05, 0.1) is 0 Å². The van der Waals surface area contributed by atoms with Gasteiger partial charge in [0, 0.05) is 0 Å². The number of hydrogen-bond acceptors (Lipinski definition) is 2. The van der Waals surface area contributed by atoms with E-state index in [1.54, 1.807) is 0 Å². The Labute approximate surface area is 74.6 Å². The highest BCUT2D eigenvalue weighted by molar-refractivity contribution is 5.37. The third-order valence-electron chi connectivity index (χ3n) is 1.73. The summed E-state index contributed by atoms with van der Waals surface area (Å²) in [6.07, 6.45) is 8.29. The normalized spacial score (nSPS) is 13.2. The molecular weight excluding hydrogens is 152 g/mol. The fourth-order valence-electron chi connectivity index (χ4n) is 1.09. The molecule has 0 saturated carbocycles. The first kappa shape index (κ1) is 11.2. The van der Waals surface area contributed by atoms with Crippen LogP contribution in [0.5, 0.6) is 0 Å². The molecule has 0 amide bonds. The lowest BCUT2D eigenvalue weighted by atomic mass is 10.1. The Morgan fingerprint density at radius 1 is 1.42 bits per heavy atom. The van der Waals surface area contributed by atoms with Crippen LogP contribution in [0.1, 0.15) is 39.5 Å². The van der Waals surface area contributed by atoms with Crippen LogP contribution in [-0.4, -0.2) is 12.6 Å². The summed E-state index contributed by atoms with van der Waals surface area (Å²) in [5.74, 6) is 0. The van der Waals surface area contributed by atoms with Gasteiger partial charge in [-0.05, 0) is 25.8 Å². The fourth-order valence-corrected chi connectivity index (χ4v) is 1.09. The first-order chi connectivity index (χ1) is 5.85. The Hall–Kier alpha value is -0.790. The van der Waals surface area contributed by atoms with Crippen LogP contribution in [0, 0.1) is 0 Å². The summed E-state index contributed by atoms with van der Waals surface area (Å²) in [6.45, 7) is 4.61. The Morgan fingerprint density at radius 3 is 2.67 bits per heavy atom. The average Bonchev–Trinajstić information content (AvgIpc) is 2.06. The van der Waals surface area contributed by atoms with Gasteiger partial charge in [-0.1, -0.05) is 25.8 Å². The molecule has 0 aliphatic rings. The number of carbonyl (C=O) groups excluding carboxylic acids is 1. The molecule has 0 aliphatic heterocycles. The molecule has 0 fully saturated rings. The first-order valence-corrected chi connectivity index (χ1v) is 4.57. The molecule has 0 radical (unpaired) electrons. The van der Waals surface area contributed by atoms with Crippen molar-refractivity contribution < 1.29 is 9.53 Å². The summed E-state index contributed by atoms with van der Waals surface area (Å²) in [5.41, 5.74) is 0. The summed E-state index contributed by atoms with van der Waals surface area (Å²) in [6, 6.07) is 0. The van der Waals surface area contributed by atoms with Crippen LogP contribution in [-0.2, 0) is 9.53 Å². The molecule has 0 aromatic heterocycles. The van der Waals surface area contributed by atoms with E-state index in [0.29, 0.717) is 6.47 Å². The van der Waals surface area contributed by atoms with Gasteiger partial charge in [0.15, 0.2) is 0 Å². The highest BCUT2D eigenvalue weighted by Crippen LogP contribution is 2.07. The molecule has 0 spiro atoms. The van der Waals surface area contributed by atoms with E-state index in [1.807, 2.05) is 19.1 Å². The number of unbranched alkanes of at least 4 members (excludes halogenated alkanes) is 2. The van der Waals surface area contributed by atoms with Crippen LogP contribution >= 0.6 is 0 Å². The predicted octanol–water partition coefficient (Wildman–Crippen LogP) is 2.68. The van der Waals surface area contributed by atoms with Gasteiger partial charge < -0.3 is 4.74 Å². The Bertz CT molecular complexity index is 130. The molecule has 0 aliphatic carbocycles. The topological polar surface area (TPSA) is 26.3 Å². The molecule has 12 heavy (non-hydrogen) atoms. The largest absolute Gasteiger partial charge is 0.460 e. The molecule has 0 rings (SSSR count). The monoisotopic (exact) mass is 170 g/mol. The van der Waals surface area contributed by atoms with E-state index in [1.165, 1.54) is 12.8 Å². The average molecular weight is 170 g/mol. The number of ether oxygens (including phenoxy) is 1. The van der Waals surface area contributed by atoms with Crippen molar-refractivity contribution in [3.63, 3.8) is 0 Å². The second-order valence-electron chi connectivity index (χ2n) is 2.79. The van der Waals surface area contributed by atoms with Gasteiger partial charge in [0.25, 0.3) is 6.47 Å². The van der Waals surface area contributed by atoms with Crippen molar-refractivity contribution in [2.75, 3.05) is 0 Å². The minimum absolute atomic E-state index is 0.0148. The molecular formula is C10H18O2. The summed E-state index contributed by atoms with van der Waals surface area (Å²) in [5, 5.41) is 0. The Kier molecular flexibility index (Phi) is 7.76. The molecule has 2 heteroatoms. The van der Waals surface area contributed by atoms with Gasteiger partial charge in [0.1, 0.15) is 6.10 Å². The maximum absolute atomic E-state index is 10.1. The van der Waals surface area contributed by atoms with Gasteiger partial charge in [-0.2, -0.15) is 0 Å². The lowest BCUT2D eigenvalue weighted by molar-refractivity contribution is -0.131. The van der Waals surface area contributed by atoms with Gasteiger partial charge in [0.2, 0.25) is 0 Å². The van der Waals surface area contributed by atoms with Gasteiger partial charge in [-0.25, -0.2) is 0 Å². The number of hydrogen-bond donors (Lipinski definition) is 0. The van der Waals surface area contributed by atoms with Crippen molar-refractivity contribution in [2.45, 2.75) is 45.6 Å². The lowest BCUT2D eigenvalue weighted by Crippen LogP contribution is -2.08. The van der Waals surface area contributed by atoms with E-state index in [0.717, 1.165) is 12.8 Å². The summed E-state index contributed by atoms with van der Waals surface area (Å²) >= 11 is 0. The maximum Gasteiger partial charge on any atom is 0.293 e. The molecule has 0 aromatic carbocycles. The highest BCUT2D eigenvalue weighted by atomic mass is 16.5. The van der Waals surface area contributed by atoms with E-state index in [-0.39, 0.29) is 6.10 Å². The second kappa shape index (κ2) is 8.31. The van der Waals surface area contributed by atoms with Crippen molar-refractivity contribution >= 4 is 6.47 Å². The predicted molar refractivity (Wildman–Crippen MR) is 49.9 cm³/mol. The zero-order valence-corrected chi connectivity index (χ0v) is 7.95. The third-order valence-corrected chi connectivity index (χ3v) is 1.73. The molecule has 0 aromatic rings. The molecule has 0 N–H and O–H groups in total. The third kappa shape index (κ3) is 5.96. The van der Waals surface area contributed by atoms with E-state index in [2.05, 4.69) is 6.92 Å². The van der Waals surface area contributed by atoms with Crippen LogP contribution in [0.25, 0.3) is 0 Å². The van der Waals surface area contributed by atoms with E-state index < -0.39 is 0 Å². The van der Waals surface area contributed by atoms with Crippen LogP contribution in [0.15, 0.2) is 12.2 Å². The van der Waals surface area contributed by atoms with Crippen molar-refractivity contribution in [3.05, 3.63) is 12.2 Å². The molecule has 1 atom stereocenters. The van der Waals surface area contributed by atoms with E-state index in [9.17, 15) is 4.79 Å². The second-order valence-corrected chi connectivity index (χ2v) is 2.79. The molecule has 0 bridgehead atoms. The molecule has 0 heterocycles. The number of allylic oxidation sites excluding steroid dienone is 1. The van der Waals surface area contributed by atoms with Crippen LogP contribution in [0.4, 0.5) is 0 Å². The zero-order chi connectivity index (χ0) is 9.23. The highest BCUT2D eigenvalue weighted by Gasteiger charge is 2.02. The summed E-state index contributed by atoms with van der Waals surface area (Å²) in [7, 11) is 0. The van der Waals surface area contributed by atoms with Gasteiger partial charge in [-0.15, -0.1) is 0 Å². The molecule has 70 valence electrons. The Morgan fingerprint density at radius 2 is 2.17 bits per heavy atom. The molecule has 2 nitrogen and oxygen atoms in total. The van der Waals surface area contributed by atoms with E-state index >= 15 is 0 Å². The van der Waals surface area contributed by atoms with Crippen LogP contribution in [0.3, 0.4) is 0 Å². The molecule has 1 unspecified atom stereocenters. The minimum Gasteiger partial charge on any atom is -0.460 e. The number of rotatable bonds is 7. The van der Waals surface area contributed by atoms with Crippen molar-refractivity contribution in [3.8, 4) is 0 Å². The van der Waals surface area contributed by atoms with Crippen LogP contribution < -0.4 is 0 Å². The standard InChI is InChI=1S/C10H18O2/c1-3-5-6-8-10(7-4-2)12-9-11/h4,7,9-10H,3,5-6,8H2,1-2H3/b7-4-. The summed E-state index contributed by atoms with van der Waals surface area (Å²) in [4.78, 5) is 10.1. The van der Waals surface area contributed by atoms with Crippen molar-refractivity contribution in [2.24, 2.45) is 0 Å². The first-order valence-electron chi connectivity index (χ1n) is 4.57. The maximum atomic E-state index is 10.1. The zero-order valence-electron chi connectivity index (χ0n) is 7.95. The van der Waals surface area contributed by atoms with Crippen molar-refractivity contribution in [1.29, 1.82) is 0 Å². The van der Waals surface area contributed by atoms with Crippen molar-refractivity contribution in [1.82, 2.24) is 0 Å². The fraction of sp³-hybridized carbons (Fsp3) is 0.700. The quantitative estimate of drug-likeness (QED) is 0.333. The Balaban J connectivity index is 3.55. The SMILES string of the molecule is C/C=C\C(CCCCC)OC=O. The minimum atomic E-state index is -0.0148. The lowest BCUT2D eigenvalue weighted by Gasteiger charge is -2.09.